The zero-order valence-electron chi connectivity index (χ0n) is 21.8. The lowest BCUT2D eigenvalue weighted by Gasteiger charge is -2.24. The molecule has 12 heteroatoms. The van der Waals surface area contributed by atoms with Crippen molar-refractivity contribution in [1.82, 2.24) is 20.1 Å². The number of Topliss-reactive ketones (excluding diaryl/α,β-unsaturated/α-hetero) is 1. The maximum atomic E-state index is 14.4. The highest BCUT2D eigenvalue weighted by Gasteiger charge is 2.39. The van der Waals surface area contributed by atoms with Crippen molar-refractivity contribution in [3.05, 3.63) is 70.1 Å². The van der Waals surface area contributed by atoms with Crippen molar-refractivity contribution in [2.75, 3.05) is 19.7 Å². The summed E-state index contributed by atoms with van der Waals surface area (Å²) in [4.78, 5) is 51.8. The molecule has 40 heavy (non-hydrogen) atoms. The molecule has 0 radical (unpaired) electrons. The van der Waals surface area contributed by atoms with Gasteiger partial charge in [-0.2, -0.15) is 0 Å². The number of hydrogen-bond acceptors (Lipinski definition) is 5. The van der Waals surface area contributed by atoms with Gasteiger partial charge in [-0.25, -0.2) is 8.78 Å². The minimum atomic E-state index is -1.41. The summed E-state index contributed by atoms with van der Waals surface area (Å²) in [5.74, 6) is -2.33. The minimum Gasteiger partial charge on any atom is -0.395 e. The SMILES string of the molecule is CC(=O)c1cn(CC(=O)N2C[C@H](F)C[C@H]2C(=O)NCc2cccc(Cl)c2F)c2ccc(CC(=O)NCCO)cc12. The van der Waals surface area contributed by atoms with Crippen LogP contribution >= 0.6 is 11.6 Å². The largest absolute Gasteiger partial charge is 0.395 e. The van der Waals surface area contributed by atoms with Gasteiger partial charge >= 0.3 is 0 Å². The molecule has 0 saturated carbocycles. The Bertz CT molecular complexity index is 1460. The molecule has 3 N–H and O–H groups in total. The van der Waals surface area contributed by atoms with Gasteiger partial charge in [0.1, 0.15) is 24.6 Å². The summed E-state index contributed by atoms with van der Waals surface area (Å²) < 4.78 is 30.2. The smallest absolute Gasteiger partial charge is 0.243 e. The van der Waals surface area contributed by atoms with Crippen molar-refractivity contribution in [1.29, 1.82) is 0 Å². The Kier molecular flexibility index (Phi) is 9.16. The number of aliphatic hydroxyl groups excluding tert-OH is 1. The molecule has 2 atom stereocenters. The first-order valence-electron chi connectivity index (χ1n) is 12.7. The van der Waals surface area contributed by atoms with E-state index in [9.17, 15) is 28.0 Å². The number of likely N-dealkylation sites (tertiary alicyclic amines) is 1. The number of halogens is 3. The Morgan fingerprint density at radius 1 is 1.15 bits per heavy atom. The molecule has 0 bridgehead atoms. The van der Waals surface area contributed by atoms with Crippen LogP contribution in [0.25, 0.3) is 10.9 Å². The van der Waals surface area contributed by atoms with Gasteiger partial charge in [0.2, 0.25) is 17.7 Å². The monoisotopic (exact) mass is 574 g/mol. The first-order valence-corrected chi connectivity index (χ1v) is 13.1. The van der Waals surface area contributed by atoms with Crippen molar-refractivity contribution in [3.8, 4) is 0 Å². The average molecular weight is 575 g/mol. The molecular weight excluding hydrogens is 546 g/mol. The Morgan fingerprint density at radius 3 is 2.65 bits per heavy atom. The lowest BCUT2D eigenvalue weighted by atomic mass is 10.1. The molecular formula is C28H29ClF2N4O5. The van der Waals surface area contributed by atoms with Crippen molar-refractivity contribution >= 4 is 46.0 Å². The van der Waals surface area contributed by atoms with Crippen LogP contribution in [-0.4, -0.2) is 70.0 Å². The second-order valence-corrected chi connectivity index (χ2v) is 10.1. The van der Waals surface area contributed by atoms with E-state index in [1.165, 1.54) is 25.3 Å². The number of aromatic nitrogens is 1. The normalized spacial score (nSPS) is 16.8. The molecule has 212 valence electrons. The number of alkyl halides is 1. The van der Waals surface area contributed by atoms with Crippen LogP contribution in [0.4, 0.5) is 8.78 Å². The van der Waals surface area contributed by atoms with Gasteiger partial charge in [-0.3, -0.25) is 19.2 Å². The fraction of sp³-hybridized carbons (Fsp3) is 0.357. The molecule has 3 amide bonds. The van der Waals surface area contributed by atoms with Crippen molar-refractivity contribution in [2.24, 2.45) is 0 Å². The molecule has 9 nitrogen and oxygen atoms in total. The summed E-state index contributed by atoms with van der Waals surface area (Å²) in [7, 11) is 0. The topological polar surface area (TPSA) is 121 Å². The molecule has 1 aliphatic rings. The van der Waals surface area contributed by atoms with Crippen LogP contribution in [0.5, 0.6) is 0 Å². The van der Waals surface area contributed by atoms with Gasteiger partial charge in [-0.05, 0) is 30.7 Å². The molecule has 1 aromatic heterocycles. The van der Waals surface area contributed by atoms with Gasteiger partial charge in [0.05, 0.1) is 24.6 Å². The molecule has 1 fully saturated rings. The third-order valence-corrected chi connectivity index (χ3v) is 7.08. The number of ketones is 1. The quantitative estimate of drug-likeness (QED) is 0.321. The van der Waals surface area contributed by atoms with E-state index in [0.717, 1.165) is 4.90 Å². The molecule has 0 spiro atoms. The first kappa shape index (κ1) is 29.2. The summed E-state index contributed by atoms with van der Waals surface area (Å²) in [5.41, 5.74) is 1.71. The van der Waals surface area contributed by atoms with Gasteiger partial charge in [0, 0.05) is 47.7 Å². The number of carbonyl (C=O) groups is 4. The predicted molar refractivity (Wildman–Crippen MR) is 144 cm³/mol. The average Bonchev–Trinajstić information content (AvgIpc) is 3.48. The van der Waals surface area contributed by atoms with Crippen LogP contribution in [0.1, 0.15) is 34.8 Å². The number of benzene rings is 2. The van der Waals surface area contributed by atoms with E-state index in [-0.39, 0.29) is 67.9 Å². The molecule has 2 heterocycles. The Balaban J connectivity index is 1.50. The lowest BCUT2D eigenvalue weighted by molar-refractivity contribution is -0.139. The van der Waals surface area contributed by atoms with Gasteiger partial charge < -0.3 is 25.2 Å². The molecule has 4 rings (SSSR count). The summed E-state index contributed by atoms with van der Waals surface area (Å²) in [6, 6.07) is 8.40. The fourth-order valence-electron chi connectivity index (χ4n) is 4.84. The number of aliphatic hydroxyl groups is 1. The summed E-state index contributed by atoms with van der Waals surface area (Å²) in [6.07, 6.45) is -0.0293. The van der Waals surface area contributed by atoms with E-state index in [0.29, 0.717) is 22.0 Å². The van der Waals surface area contributed by atoms with Crippen LogP contribution in [0.15, 0.2) is 42.6 Å². The molecule has 3 aromatic rings. The highest BCUT2D eigenvalue weighted by molar-refractivity contribution is 6.30. The third-order valence-electron chi connectivity index (χ3n) is 6.79. The van der Waals surface area contributed by atoms with Crippen molar-refractivity contribution in [3.63, 3.8) is 0 Å². The predicted octanol–water partition coefficient (Wildman–Crippen LogP) is 2.54. The lowest BCUT2D eigenvalue weighted by Crippen LogP contribution is -2.46. The molecule has 0 unspecified atom stereocenters. The maximum absolute atomic E-state index is 14.4. The number of fused-ring (bicyclic) bond motifs is 1. The third kappa shape index (κ3) is 6.48. The Morgan fingerprint density at radius 2 is 1.93 bits per heavy atom. The van der Waals surface area contributed by atoms with Gasteiger partial charge in [-0.15, -0.1) is 0 Å². The van der Waals surface area contributed by atoms with E-state index in [4.69, 9.17) is 16.7 Å². The van der Waals surface area contributed by atoms with E-state index in [2.05, 4.69) is 10.6 Å². The zero-order valence-corrected chi connectivity index (χ0v) is 22.5. The van der Waals surface area contributed by atoms with Gasteiger partial charge in [-0.1, -0.05) is 29.8 Å². The number of hydrogen-bond donors (Lipinski definition) is 3. The van der Waals surface area contributed by atoms with Crippen LogP contribution in [0.3, 0.4) is 0 Å². The molecule has 2 aromatic carbocycles. The molecule has 0 aliphatic carbocycles. The highest BCUT2D eigenvalue weighted by Crippen LogP contribution is 2.26. The summed E-state index contributed by atoms with van der Waals surface area (Å²) in [5, 5.41) is 14.5. The van der Waals surface area contributed by atoms with Crippen LogP contribution in [-0.2, 0) is 33.9 Å². The van der Waals surface area contributed by atoms with E-state index in [1.807, 2.05) is 0 Å². The summed E-state index contributed by atoms with van der Waals surface area (Å²) in [6.45, 7) is 0.641. The van der Waals surface area contributed by atoms with Gasteiger partial charge in [0.15, 0.2) is 5.78 Å². The standard InChI is InChI=1S/C28H29ClF2N4O5/c1-16(37)21-14-34(23-6-5-17(9-20(21)23)10-25(38)32-7-8-36)15-26(39)35-13-19(30)11-24(35)28(40)33-12-18-3-2-4-22(29)27(18)31/h2-6,9,14,19,24,36H,7-8,10-13,15H2,1H3,(H,32,38)(H,33,40)/t19-,24+/m1/s1. The fourth-order valence-corrected chi connectivity index (χ4v) is 5.03. The number of amides is 3. The first-order chi connectivity index (χ1) is 19.1. The van der Waals surface area contributed by atoms with Crippen LogP contribution < -0.4 is 10.6 Å². The van der Waals surface area contributed by atoms with Gasteiger partial charge in [0.25, 0.3) is 0 Å². The number of rotatable bonds is 10. The highest BCUT2D eigenvalue weighted by atomic mass is 35.5. The Hall–Kier alpha value is -3.83. The van der Waals surface area contributed by atoms with Crippen molar-refractivity contribution in [2.45, 2.75) is 45.1 Å². The second-order valence-electron chi connectivity index (χ2n) is 9.65. The minimum absolute atomic E-state index is 0.0406. The molecule has 1 aliphatic heterocycles. The maximum Gasteiger partial charge on any atom is 0.243 e. The number of carbonyl (C=O) groups excluding carboxylic acids is 4. The van der Waals surface area contributed by atoms with Crippen LogP contribution in [0, 0.1) is 5.82 Å². The van der Waals surface area contributed by atoms with Crippen molar-refractivity contribution < 1.29 is 33.1 Å². The van der Waals surface area contributed by atoms with E-state index >= 15 is 0 Å². The summed E-state index contributed by atoms with van der Waals surface area (Å²) >= 11 is 5.79. The Labute approximate surface area is 234 Å². The number of nitrogens with zero attached hydrogens (tertiary/aromatic N) is 2. The van der Waals surface area contributed by atoms with E-state index < -0.39 is 29.8 Å². The van der Waals surface area contributed by atoms with Crippen LogP contribution in [0.2, 0.25) is 5.02 Å². The molecule has 1 saturated heterocycles. The number of nitrogens with one attached hydrogen (secondary N) is 2. The second kappa shape index (κ2) is 12.6. The zero-order chi connectivity index (χ0) is 29.0. The van der Waals surface area contributed by atoms with E-state index in [1.54, 1.807) is 28.8 Å².